The molecule has 2 amide bonds. The minimum absolute atomic E-state index is 0.0441. The van der Waals surface area contributed by atoms with E-state index in [4.69, 9.17) is 4.42 Å². The average Bonchev–Trinajstić information content (AvgIpc) is 3.13. The van der Waals surface area contributed by atoms with Gasteiger partial charge in [0, 0.05) is 24.7 Å². The molecule has 1 spiro atoms. The van der Waals surface area contributed by atoms with Gasteiger partial charge in [-0.15, -0.1) is 0 Å². The van der Waals surface area contributed by atoms with E-state index in [1.165, 1.54) is 6.39 Å². The average molecular weight is 367 g/mol. The van der Waals surface area contributed by atoms with Gasteiger partial charge in [-0.25, -0.2) is 4.98 Å². The lowest BCUT2D eigenvalue weighted by Gasteiger charge is -2.32. The summed E-state index contributed by atoms with van der Waals surface area (Å²) in [5.41, 5.74) is 3.83. The van der Waals surface area contributed by atoms with Crippen LogP contribution in [-0.4, -0.2) is 34.8 Å². The molecule has 1 N–H and O–H groups in total. The van der Waals surface area contributed by atoms with Gasteiger partial charge in [-0.2, -0.15) is 0 Å². The van der Waals surface area contributed by atoms with Gasteiger partial charge < -0.3 is 14.6 Å². The molecular weight excluding hydrogens is 342 g/mol. The molecule has 2 aromatic rings. The molecule has 1 saturated carbocycles. The third-order valence-corrected chi connectivity index (χ3v) is 5.98. The molecule has 2 heterocycles. The highest BCUT2D eigenvalue weighted by Crippen LogP contribution is 2.59. The number of anilines is 1. The molecule has 1 saturated heterocycles. The van der Waals surface area contributed by atoms with Crippen LogP contribution in [0.4, 0.5) is 5.69 Å². The van der Waals surface area contributed by atoms with Gasteiger partial charge in [-0.3, -0.25) is 9.59 Å². The Morgan fingerprint density at radius 2 is 1.81 bits per heavy atom. The SMILES string of the molecule is Cc1cc(C)cc(NC(=O)C2CC23CCN(C(=O)c2ocnc2C)CC3)c1. The van der Waals surface area contributed by atoms with E-state index in [1.807, 2.05) is 30.9 Å². The van der Waals surface area contributed by atoms with E-state index in [0.717, 1.165) is 36.1 Å². The van der Waals surface area contributed by atoms with Crippen molar-refractivity contribution in [2.45, 2.75) is 40.0 Å². The van der Waals surface area contributed by atoms with E-state index in [1.54, 1.807) is 6.92 Å². The van der Waals surface area contributed by atoms with Gasteiger partial charge in [0.1, 0.15) is 0 Å². The first-order valence-corrected chi connectivity index (χ1v) is 9.46. The van der Waals surface area contributed by atoms with E-state index < -0.39 is 0 Å². The van der Waals surface area contributed by atoms with Crippen LogP contribution in [0.25, 0.3) is 0 Å². The van der Waals surface area contributed by atoms with E-state index in [-0.39, 0.29) is 23.1 Å². The summed E-state index contributed by atoms with van der Waals surface area (Å²) in [7, 11) is 0. The Labute approximate surface area is 159 Å². The molecule has 0 bridgehead atoms. The lowest BCUT2D eigenvalue weighted by atomic mass is 9.90. The molecule has 2 aliphatic rings. The predicted molar refractivity (Wildman–Crippen MR) is 101 cm³/mol. The summed E-state index contributed by atoms with van der Waals surface area (Å²) in [5, 5.41) is 3.08. The fraction of sp³-hybridized carbons (Fsp3) is 0.476. The number of likely N-dealkylation sites (tertiary alicyclic amines) is 1. The summed E-state index contributed by atoms with van der Waals surface area (Å²) in [6.07, 6.45) is 3.93. The number of rotatable bonds is 3. The number of benzene rings is 1. The highest BCUT2D eigenvalue weighted by atomic mass is 16.3. The Morgan fingerprint density at radius 1 is 1.15 bits per heavy atom. The van der Waals surface area contributed by atoms with Gasteiger partial charge in [-0.1, -0.05) is 6.07 Å². The summed E-state index contributed by atoms with van der Waals surface area (Å²) in [6, 6.07) is 6.10. The number of hydrogen-bond donors (Lipinski definition) is 1. The van der Waals surface area contributed by atoms with Gasteiger partial charge in [-0.05, 0) is 68.7 Å². The molecule has 0 radical (unpaired) electrons. The van der Waals surface area contributed by atoms with Crippen molar-refractivity contribution in [1.82, 2.24) is 9.88 Å². The quantitative estimate of drug-likeness (QED) is 0.901. The van der Waals surface area contributed by atoms with Crippen LogP contribution < -0.4 is 5.32 Å². The second kappa shape index (κ2) is 6.51. The Hall–Kier alpha value is -2.63. The monoisotopic (exact) mass is 367 g/mol. The maximum absolute atomic E-state index is 12.7. The number of piperidine rings is 1. The normalized spacial score (nSPS) is 20.6. The zero-order valence-electron chi connectivity index (χ0n) is 16.0. The molecular formula is C21H25N3O3. The van der Waals surface area contributed by atoms with Crippen molar-refractivity contribution in [3.8, 4) is 0 Å². The molecule has 1 aromatic carbocycles. The van der Waals surface area contributed by atoms with Crippen molar-refractivity contribution >= 4 is 17.5 Å². The van der Waals surface area contributed by atoms with Gasteiger partial charge in [0.15, 0.2) is 6.39 Å². The number of aryl methyl sites for hydroxylation is 3. The van der Waals surface area contributed by atoms with E-state index >= 15 is 0 Å². The lowest BCUT2D eigenvalue weighted by Crippen LogP contribution is -2.40. The summed E-state index contributed by atoms with van der Waals surface area (Å²) in [5.74, 6) is 0.371. The number of carbonyl (C=O) groups excluding carboxylic acids is 2. The summed E-state index contributed by atoms with van der Waals surface area (Å²) in [4.78, 5) is 31.1. The Bertz CT molecular complexity index is 874. The number of oxazole rings is 1. The molecule has 6 heteroatoms. The number of nitrogens with zero attached hydrogens (tertiary/aromatic N) is 2. The van der Waals surface area contributed by atoms with Crippen molar-refractivity contribution in [3.05, 3.63) is 47.2 Å². The van der Waals surface area contributed by atoms with Crippen molar-refractivity contribution in [3.63, 3.8) is 0 Å². The van der Waals surface area contributed by atoms with Crippen LogP contribution >= 0.6 is 0 Å². The molecule has 4 rings (SSSR count). The zero-order valence-corrected chi connectivity index (χ0v) is 16.0. The largest absolute Gasteiger partial charge is 0.438 e. The van der Waals surface area contributed by atoms with Crippen molar-refractivity contribution in [2.75, 3.05) is 18.4 Å². The van der Waals surface area contributed by atoms with E-state index in [9.17, 15) is 9.59 Å². The van der Waals surface area contributed by atoms with Gasteiger partial charge in [0.2, 0.25) is 11.7 Å². The summed E-state index contributed by atoms with van der Waals surface area (Å²) in [6.45, 7) is 7.16. The van der Waals surface area contributed by atoms with Gasteiger partial charge in [0.05, 0.1) is 5.69 Å². The van der Waals surface area contributed by atoms with Crippen LogP contribution in [0.5, 0.6) is 0 Å². The second-order valence-electron chi connectivity index (χ2n) is 8.04. The fourth-order valence-electron chi connectivity index (χ4n) is 4.35. The maximum atomic E-state index is 12.7. The first-order valence-electron chi connectivity index (χ1n) is 9.46. The van der Waals surface area contributed by atoms with Crippen LogP contribution in [0.1, 0.15) is 46.6 Å². The Kier molecular flexibility index (Phi) is 4.29. The zero-order chi connectivity index (χ0) is 19.2. The number of amides is 2. The van der Waals surface area contributed by atoms with E-state index in [2.05, 4.69) is 16.4 Å². The fourth-order valence-corrected chi connectivity index (χ4v) is 4.35. The van der Waals surface area contributed by atoms with Gasteiger partial charge >= 0.3 is 0 Å². The highest BCUT2D eigenvalue weighted by Gasteiger charge is 2.58. The van der Waals surface area contributed by atoms with Crippen molar-refractivity contribution < 1.29 is 14.0 Å². The molecule has 2 fully saturated rings. The minimum Gasteiger partial charge on any atom is -0.438 e. The molecule has 1 unspecified atom stereocenters. The number of nitrogens with one attached hydrogen (secondary N) is 1. The van der Waals surface area contributed by atoms with E-state index in [0.29, 0.717) is 24.5 Å². The Morgan fingerprint density at radius 3 is 2.41 bits per heavy atom. The van der Waals surface area contributed by atoms with Gasteiger partial charge in [0.25, 0.3) is 5.91 Å². The molecule has 1 aliphatic heterocycles. The van der Waals surface area contributed by atoms with Crippen LogP contribution in [0, 0.1) is 32.1 Å². The smallest absolute Gasteiger partial charge is 0.291 e. The number of hydrogen-bond acceptors (Lipinski definition) is 4. The minimum atomic E-state index is -0.100. The third kappa shape index (κ3) is 3.36. The molecule has 1 aromatic heterocycles. The van der Waals surface area contributed by atoms with Crippen LogP contribution in [-0.2, 0) is 4.79 Å². The molecule has 27 heavy (non-hydrogen) atoms. The highest BCUT2D eigenvalue weighted by molar-refractivity contribution is 5.95. The number of carbonyl (C=O) groups is 2. The molecule has 1 atom stereocenters. The summed E-state index contributed by atoms with van der Waals surface area (Å²) < 4.78 is 5.23. The van der Waals surface area contributed by atoms with Crippen LogP contribution in [0.3, 0.4) is 0 Å². The summed E-state index contributed by atoms with van der Waals surface area (Å²) >= 11 is 0. The first-order chi connectivity index (χ1) is 12.9. The molecule has 142 valence electrons. The van der Waals surface area contributed by atoms with Crippen LogP contribution in [0.2, 0.25) is 0 Å². The Balaban J connectivity index is 1.35. The third-order valence-electron chi connectivity index (χ3n) is 5.98. The number of aromatic nitrogens is 1. The predicted octanol–water partition coefficient (Wildman–Crippen LogP) is 3.48. The first kappa shape index (κ1) is 17.8. The topological polar surface area (TPSA) is 75.4 Å². The van der Waals surface area contributed by atoms with Crippen LogP contribution in [0.15, 0.2) is 29.0 Å². The van der Waals surface area contributed by atoms with Crippen molar-refractivity contribution in [2.24, 2.45) is 11.3 Å². The maximum Gasteiger partial charge on any atom is 0.291 e. The van der Waals surface area contributed by atoms with Crippen molar-refractivity contribution in [1.29, 1.82) is 0 Å². The standard InChI is InChI=1S/C21H25N3O3/c1-13-8-14(2)10-16(9-13)23-19(25)17-11-21(17)4-6-24(7-5-21)20(26)18-15(3)22-12-27-18/h8-10,12,17H,4-7,11H2,1-3H3,(H,23,25). The lowest BCUT2D eigenvalue weighted by molar-refractivity contribution is -0.118. The second-order valence-corrected chi connectivity index (χ2v) is 8.04. The molecule has 6 nitrogen and oxygen atoms in total. The molecule has 1 aliphatic carbocycles.